The molecule has 19 heavy (non-hydrogen) atoms. The number of benzene rings is 1. The predicted molar refractivity (Wildman–Crippen MR) is 70.7 cm³/mol. The first kappa shape index (κ1) is 11.8. The van der Waals surface area contributed by atoms with E-state index in [2.05, 4.69) is 0 Å². The molecule has 1 N–H and O–H groups in total. The maximum Gasteiger partial charge on any atom is 0.338 e. The topological polar surface area (TPSA) is 64.2 Å². The highest BCUT2D eigenvalue weighted by Gasteiger charge is 2.24. The van der Waals surface area contributed by atoms with Crippen LogP contribution in [0.5, 0.6) is 5.88 Å². The van der Waals surface area contributed by atoms with Crippen LogP contribution in [0.15, 0.2) is 46.0 Å². The molecule has 1 aliphatic rings. The Hall–Kier alpha value is -2.30. The summed E-state index contributed by atoms with van der Waals surface area (Å²) in [5, 5.41) is 9.77. The molecule has 0 spiro atoms. The molecule has 1 fully saturated rings. The third kappa shape index (κ3) is 2.19. The second kappa shape index (κ2) is 4.42. The van der Waals surface area contributed by atoms with E-state index < -0.39 is 11.2 Å². The summed E-state index contributed by atoms with van der Waals surface area (Å²) in [4.78, 5) is 24.2. The molecule has 1 saturated carbocycles. The van der Waals surface area contributed by atoms with Gasteiger partial charge in [0, 0.05) is 6.54 Å². The number of aromatic nitrogens is 2. The van der Waals surface area contributed by atoms with Crippen molar-refractivity contribution in [1.82, 2.24) is 9.13 Å². The zero-order chi connectivity index (χ0) is 13.4. The molecule has 0 aliphatic heterocycles. The molecule has 1 heterocycles. The van der Waals surface area contributed by atoms with Gasteiger partial charge in [-0.05, 0) is 30.9 Å². The molecular formula is C14H14N2O3. The standard InChI is InChI=1S/C14H14N2O3/c17-12-8-13(18)16(11-4-2-1-3-5-11)14(19)15(12)9-10-6-7-10/h1-5,8,10,17H,6-7,9H2. The minimum absolute atomic E-state index is 0.255. The first-order chi connectivity index (χ1) is 9.16. The Kier molecular flexibility index (Phi) is 2.74. The van der Waals surface area contributed by atoms with Crippen LogP contribution in [-0.2, 0) is 6.54 Å². The Bertz CT molecular complexity index is 712. The van der Waals surface area contributed by atoms with E-state index >= 15 is 0 Å². The van der Waals surface area contributed by atoms with Crippen molar-refractivity contribution in [2.24, 2.45) is 5.92 Å². The Morgan fingerprint density at radius 3 is 2.47 bits per heavy atom. The highest BCUT2D eigenvalue weighted by Crippen LogP contribution is 2.30. The van der Waals surface area contributed by atoms with Crippen molar-refractivity contribution in [3.8, 4) is 11.6 Å². The maximum atomic E-state index is 12.3. The average Bonchev–Trinajstić information content (AvgIpc) is 3.19. The lowest BCUT2D eigenvalue weighted by Gasteiger charge is -2.11. The Morgan fingerprint density at radius 1 is 1.16 bits per heavy atom. The van der Waals surface area contributed by atoms with Crippen molar-refractivity contribution in [3.63, 3.8) is 0 Å². The summed E-state index contributed by atoms with van der Waals surface area (Å²) in [5.41, 5.74) is -0.481. The van der Waals surface area contributed by atoms with Crippen molar-refractivity contribution in [2.75, 3.05) is 0 Å². The predicted octanol–water partition coefficient (Wildman–Crippen LogP) is 1.11. The number of hydrogen-bond acceptors (Lipinski definition) is 3. The summed E-state index contributed by atoms with van der Waals surface area (Å²) in [6, 6.07) is 9.83. The lowest BCUT2D eigenvalue weighted by Crippen LogP contribution is -2.38. The van der Waals surface area contributed by atoms with Crippen molar-refractivity contribution < 1.29 is 5.11 Å². The van der Waals surface area contributed by atoms with Gasteiger partial charge in [-0.1, -0.05) is 18.2 Å². The van der Waals surface area contributed by atoms with Crippen LogP contribution in [-0.4, -0.2) is 14.2 Å². The molecule has 1 aromatic heterocycles. The van der Waals surface area contributed by atoms with E-state index in [1.54, 1.807) is 24.3 Å². The summed E-state index contributed by atoms with van der Waals surface area (Å²) in [5.74, 6) is 0.180. The van der Waals surface area contributed by atoms with E-state index in [9.17, 15) is 14.7 Å². The second-order valence-electron chi connectivity index (χ2n) is 4.85. The molecule has 1 aliphatic carbocycles. The molecule has 5 heteroatoms. The molecule has 0 atom stereocenters. The largest absolute Gasteiger partial charge is 0.494 e. The van der Waals surface area contributed by atoms with Crippen molar-refractivity contribution in [3.05, 3.63) is 57.2 Å². The second-order valence-corrected chi connectivity index (χ2v) is 4.85. The molecule has 0 saturated heterocycles. The van der Waals surface area contributed by atoms with Crippen molar-refractivity contribution in [1.29, 1.82) is 0 Å². The first-order valence-corrected chi connectivity index (χ1v) is 6.28. The Morgan fingerprint density at radius 2 is 1.84 bits per heavy atom. The highest BCUT2D eigenvalue weighted by atomic mass is 16.3. The van der Waals surface area contributed by atoms with Crippen molar-refractivity contribution in [2.45, 2.75) is 19.4 Å². The van der Waals surface area contributed by atoms with E-state index in [0.29, 0.717) is 18.2 Å². The Labute approximate surface area is 109 Å². The fourth-order valence-corrected chi connectivity index (χ4v) is 2.11. The minimum atomic E-state index is -0.513. The van der Waals surface area contributed by atoms with Gasteiger partial charge in [-0.2, -0.15) is 0 Å². The van der Waals surface area contributed by atoms with Crippen LogP contribution >= 0.6 is 0 Å². The fraction of sp³-hybridized carbons (Fsp3) is 0.286. The van der Waals surface area contributed by atoms with E-state index in [-0.39, 0.29) is 5.88 Å². The van der Waals surface area contributed by atoms with E-state index in [1.165, 1.54) is 4.57 Å². The normalized spacial score (nSPS) is 14.5. The van der Waals surface area contributed by atoms with Gasteiger partial charge in [-0.15, -0.1) is 0 Å². The summed E-state index contributed by atoms with van der Waals surface area (Å²) >= 11 is 0. The quantitative estimate of drug-likeness (QED) is 0.897. The molecule has 98 valence electrons. The zero-order valence-corrected chi connectivity index (χ0v) is 10.3. The zero-order valence-electron chi connectivity index (χ0n) is 10.3. The molecule has 0 radical (unpaired) electrons. The van der Waals surface area contributed by atoms with E-state index in [4.69, 9.17) is 0 Å². The summed E-state index contributed by atoms with van der Waals surface area (Å²) in [7, 11) is 0. The molecular weight excluding hydrogens is 244 g/mol. The number of aromatic hydroxyl groups is 1. The lowest BCUT2D eigenvalue weighted by atomic mass is 10.3. The lowest BCUT2D eigenvalue weighted by molar-refractivity contribution is 0.388. The molecule has 0 unspecified atom stereocenters. The van der Waals surface area contributed by atoms with Crippen LogP contribution in [0.3, 0.4) is 0 Å². The SMILES string of the molecule is O=c1cc(O)n(CC2CC2)c(=O)n1-c1ccccc1. The monoisotopic (exact) mass is 258 g/mol. The van der Waals surface area contributed by atoms with Gasteiger partial charge in [-0.25, -0.2) is 9.36 Å². The van der Waals surface area contributed by atoms with Crippen LogP contribution in [0.1, 0.15) is 12.8 Å². The number of hydrogen-bond donors (Lipinski definition) is 1. The van der Waals surface area contributed by atoms with Gasteiger partial charge in [0.1, 0.15) is 0 Å². The molecule has 5 nitrogen and oxygen atoms in total. The van der Waals surface area contributed by atoms with Gasteiger partial charge in [0.05, 0.1) is 11.8 Å². The highest BCUT2D eigenvalue weighted by molar-refractivity contribution is 5.31. The van der Waals surface area contributed by atoms with Crippen molar-refractivity contribution >= 4 is 0 Å². The van der Waals surface area contributed by atoms with Gasteiger partial charge >= 0.3 is 5.69 Å². The van der Waals surface area contributed by atoms with Gasteiger partial charge < -0.3 is 5.11 Å². The molecule has 2 aromatic rings. The van der Waals surface area contributed by atoms with Crippen LogP contribution in [0.25, 0.3) is 5.69 Å². The smallest absolute Gasteiger partial charge is 0.338 e. The fourth-order valence-electron chi connectivity index (χ4n) is 2.11. The van der Waals surface area contributed by atoms with Gasteiger partial charge in [0.15, 0.2) is 0 Å². The van der Waals surface area contributed by atoms with Crippen LogP contribution in [0.2, 0.25) is 0 Å². The minimum Gasteiger partial charge on any atom is -0.494 e. The van der Waals surface area contributed by atoms with Crippen LogP contribution in [0.4, 0.5) is 0 Å². The number of rotatable bonds is 3. The first-order valence-electron chi connectivity index (χ1n) is 6.28. The van der Waals surface area contributed by atoms with E-state index in [0.717, 1.165) is 23.5 Å². The third-order valence-corrected chi connectivity index (χ3v) is 3.32. The van der Waals surface area contributed by atoms with Crippen LogP contribution < -0.4 is 11.2 Å². The van der Waals surface area contributed by atoms with Gasteiger partial charge in [0.25, 0.3) is 5.56 Å². The molecule has 3 rings (SSSR count). The third-order valence-electron chi connectivity index (χ3n) is 3.32. The molecule has 1 aromatic carbocycles. The number of nitrogens with zero attached hydrogens (tertiary/aromatic N) is 2. The molecule has 0 amide bonds. The summed E-state index contributed by atoms with van der Waals surface area (Å²) < 4.78 is 2.36. The van der Waals surface area contributed by atoms with Crippen LogP contribution in [0, 0.1) is 5.92 Å². The van der Waals surface area contributed by atoms with E-state index in [1.807, 2.05) is 6.07 Å². The summed E-state index contributed by atoms with van der Waals surface area (Å²) in [6.45, 7) is 0.470. The average molecular weight is 258 g/mol. The summed E-state index contributed by atoms with van der Waals surface area (Å²) in [6.07, 6.45) is 2.13. The number of para-hydroxylation sites is 1. The van der Waals surface area contributed by atoms with Gasteiger partial charge in [0.2, 0.25) is 5.88 Å². The van der Waals surface area contributed by atoms with Gasteiger partial charge in [-0.3, -0.25) is 9.36 Å². The Balaban J connectivity index is 2.19. The molecule has 0 bridgehead atoms. The maximum absolute atomic E-state index is 12.3.